The minimum absolute atomic E-state index is 0.0966. The summed E-state index contributed by atoms with van der Waals surface area (Å²) in [6, 6.07) is 14.5. The molecule has 154 valence electrons. The first kappa shape index (κ1) is 22.5. The molecule has 0 saturated carbocycles. The van der Waals surface area contributed by atoms with Gasteiger partial charge in [0.1, 0.15) is 17.2 Å². The van der Waals surface area contributed by atoms with Gasteiger partial charge in [-0.25, -0.2) is 0 Å². The van der Waals surface area contributed by atoms with E-state index in [2.05, 4.69) is 26.2 Å². The Kier molecular flexibility index (Phi) is 7.74. The van der Waals surface area contributed by atoms with Gasteiger partial charge in [0.15, 0.2) is 16.6 Å². The van der Waals surface area contributed by atoms with Crippen LogP contribution in [0.3, 0.4) is 0 Å². The third-order valence-corrected chi connectivity index (χ3v) is 12.6. The number of benzene rings is 2. The molecule has 2 aromatic carbocycles. The zero-order chi connectivity index (χ0) is 20.8. The molecular weight excluding hydrogens is 384 g/mol. The molecule has 6 heteroatoms. The quantitative estimate of drug-likeness (QED) is 0.427. The minimum atomic E-state index is -1.76. The van der Waals surface area contributed by atoms with E-state index in [-0.39, 0.29) is 11.5 Å². The maximum atomic E-state index is 9.93. The van der Waals surface area contributed by atoms with Crippen molar-refractivity contribution in [1.29, 1.82) is 0 Å². The average Bonchev–Trinajstić information content (AvgIpc) is 2.57. The van der Waals surface area contributed by atoms with E-state index in [1.54, 1.807) is 24.3 Å². The third-order valence-electron chi connectivity index (χ3n) is 5.03. The van der Waals surface area contributed by atoms with Crippen LogP contribution in [0.1, 0.15) is 24.0 Å². The fourth-order valence-electron chi connectivity index (χ4n) is 3.70. The van der Waals surface area contributed by atoms with Gasteiger partial charge >= 0.3 is 0 Å². The van der Waals surface area contributed by atoms with Crippen molar-refractivity contribution >= 4 is 16.6 Å². The van der Waals surface area contributed by atoms with Crippen molar-refractivity contribution in [3.05, 3.63) is 53.6 Å². The lowest BCUT2D eigenvalue weighted by Crippen LogP contribution is -2.44. The smallest absolute Gasteiger partial charge is 0.173 e. The number of phenolic OH excluding ortho intramolecular Hbond substituents is 3. The van der Waals surface area contributed by atoms with Crippen LogP contribution in [-0.4, -0.2) is 32.0 Å². The number of hydrogen-bond donors (Lipinski definition) is 3. The van der Waals surface area contributed by atoms with Crippen molar-refractivity contribution in [3.63, 3.8) is 0 Å². The fraction of sp³-hybridized carbons (Fsp3) is 0.455. The van der Waals surface area contributed by atoms with Gasteiger partial charge in [-0.2, -0.15) is 0 Å². The Morgan fingerprint density at radius 1 is 0.714 bits per heavy atom. The number of phenols is 3. The lowest BCUT2D eigenvalue weighted by molar-refractivity contribution is 0.445. The Hall–Kier alpha value is -1.77. The molecule has 0 aliphatic carbocycles. The van der Waals surface area contributed by atoms with Crippen LogP contribution in [0.25, 0.3) is 0 Å². The monoisotopic (exact) mass is 418 g/mol. The highest BCUT2D eigenvalue weighted by Gasteiger charge is 2.32. The van der Waals surface area contributed by atoms with E-state index in [9.17, 15) is 15.3 Å². The van der Waals surface area contributed by atoms with Crippen LogP contribution in [0.2, 0.25) is 38.3 Å². The number of aromatic hydroxyl groups is 3. The summed E-state index contributed by atoms with van der Waals surface area (Å²) in [5.41, 5.74) is 2.14. The van der Waals surface area contributed by atoms with Gasteiger partial charge in [-0.3, -0.25) is 0 Å². The first-order valence-corrected chi connectivity index (χ1v) is 16.3. The van der Waals surface area contributed by atoms with Crippen molar-refractivity contribution < 1.29 is 19.4 Å². The molecule has 0 aliphatic rings. The summed E-state index contributed by atoms with van der Waals surface area (Å²) in [6.45, 7) is 9.20. The van der Waals surface area contributed by atoms with E-state index >= 15 is 0 Å². The van der Waals surface area contributed by atoms with Crippen molar-refractivity contribution in [1.82, 2.24) is 0 Å². The summed E-state index contributed by atoms with van der Waals surface area (Å²) in [5.74, 6) is 0.582. The van der Waals surface area contributed by atoms with Crippen LogP contribution in [0.4, 0.5) is 0 Å². The predicted octanol–water partition coefficient (Wildman–Crippen LogP) is 5.80. The molecule has 0 unspecified atom stereocenters. The number of aryl methyl sites for hydroxylation is 2. The van der Waals surface area contributed by atoms with Crippen molar-refractivity contribution in [2.24, 2.45) is 0 Å². The lowest BCUT2D eigenvalue weighted by Gasteiger charge is -2.34. The van der Waals surface area contributed by atoms with Crippen LogP contribution < -0.4 is 0 Å². The van der Waals surface area contributed by atoms with Gasteiger partial charge in [-0.15, -0.1) is 0 Å². The Balaban J connectivity index is 1.77. The largest absolute Gasteiger partial charge is 0.508 e. The molecule has 0 heterocycles. The van der Waals surface area contributed by atoms with E-state index in [4.69, 9.17) is 4.12 Å². The van der Waals surface area contributed by atoms with Gasteiger partial charge in [0.2, 0.25) is 0 Å². The lowest BCUT2D eigenvalue weighted by atomic mass is 10.1. The Bertz CT molecular complexity index is 758. The molecule has 0 saturated heterocycles. The molecule has 3 N–H and O–H groups in total. The van der Waals surface area contributed by atoms with Gasteiger partial charge in [0.25, 0.3) is 0 Å². The summed E-state index contributed by atoms with van der Waals surface area (Å²) in [7, 11) is -3.48. The fourth-order valence-corrected chi connectivity index (χ4v) is 12.6. The number of hydrogen-bond acceptors (Lipinski definition) is 4. The Morgan fingerprint density at radius 3 is 1.82 bits per heavy atom. The minimum Gasteiger partial charge on any atom is -0.508 e. The first-order chi connectivity index (χ1) is 13.1. The summed E-state index contributed by atoms with van der Waals surface area (Å²) < 4.78 is 6.70. The van der Waals surface area contributed by atoms with E-state index in [0.717, 1.165) is 43.3 Å². The molecular formula is C22H34O4Si2. The molecule has 4 nitrogen and oxygen atoms in total. The third kappa shape index (κ3) is 7.69. The van der Waals surface area contributed by atoms with Crippen molar-refractivity contribution in [3.8, 4) is 17.2 Å². The molecule has 0 amide bonds. The molecule has 0 radical (unpaired) electrons. The summed E-state index contributed by atoms with van der Waals surface area (Å²) in [4.78, 5) is 0. The second-order valence-electron chi connectivity index (χ2n) is 8.81. The topological polar surface area (TPSA) is 69.9 Å². The van der Waals surface area contributed by atoms with Crippen molar-refractivity contribution in [2.45, 2.75) is 64.0 Å². The standard InChI is InChI=1S/C22H34O4Si2/c1-27(2,15-5-7-18-9-12-20(23)13-10-18)26-28(3,4)16-6-8-19-11-14-21(24)17-22(19)25/h9-14,17,23-25H,5-8,15-16H2,1-4H3. The predicted molar refractivity (Wildman–Crippen MR) is 120 cm³/mol. The van der Waals surface area contributed by atoms with E-state index in [0.29, 0.717) is 5.75 Å². The zero-order valence-electron chi connectivity index (χ0n) is 17.5. The first-order valence-electron chi connectivity index (χ1n) is 10.1. The SMILES string of the molecule is C[Si](C)(CCCc1ccc(O)cc1)O[Si](C)(C)CCCc1ccc(O)cc1O. The molecule has 28 heavy (non-hydrogen) atoms. The highest BCUT2D eigenvalue weighted by atomic mass is 28.4. The highest BCUT2D eigenvalue weighted by molar-refractivity contribution is 6.84. The maximum Gasteiger partial charge on any atom is 0.173 e. The van der Waals surface area contributed by atoms with Crippen LogP contribution in [0.5, 0.6) is 17.2 Å². The van der Waals surface area contributed by atoms with E-state index in [1.165, 1.54) is 11.6 Å². The van der Waals surface area contributed by atoms with Crippen LogP contribution in [-0.2, 0) is 17.0 Å². The van der Waals surface area contributed by atoms with Gasteiger partial charge in [0.05, 0.1) is 0 Å². The van der Waals surface area contributed by atoms with Crippen LogP contribution in [0.15, 0.2) is 42.5 Å². The Labute approximate surface area is 171 Å². The molecule has 0 aromatic heterocycles. The summed E-state index contributed by atoms with van der Waals surface area (Å²) in [6.07, 6.45) is 3.91. The van der Waals surface area contributed by atoms with E-state index < -0.39 is 16.6 Å². The molecule has 2 rings (SSSR count). The molecule has 0 bridgehead atoms. The maximum absolute atomic E-state index is 9.93. The van der Waals surface area contributed by atoms with Crippen LogP contribution in [0, 0.1) is 0 Å². The molecule has 0 fully saturated rings. The molecule has 0 aliphatic heterocycles. The van der Waals surface area contributed by atoms with Gasteiger partial charge in [-0.1, -0.05) is 18.2 Å². The molecule has 0 atom stereocenters. The summed E-state index contributed by atoms with van der Waals surface area (Å²) in [5, 5.41) is 28.7. The van der Waals surface area contributed by atoms with Crippen molar-refractivity contribution in [2.75, 3.05) is 0 Å². The van der Waals surface area contributed by atoms with Crippen LogP contribution >= 0.6 is 0 Å². The van der Waals surface area contributed by atoms with Gasteiger partial charge in [0, 0.05) is 6.07 Å². The highest BCUT2D eigenvalue weighted by Crippen LogP contribution is 2.28. The second-order valence-corrected chi connectivity index (χ2v) is 17.7. The molecule has 0 spiro atoms. The zero-order valence-corrected chi connectivity index (χ0v) is 19.5. The summed E-state index contributed by atoms with van der Waals surface area (Å²) >= 11 is 0. The second kappa shape index (κ2) is 9.63. The molecule has 2 aromatic rings. The normalized spacial score (nSPS) is 12.3. The Morgan fingerprint density at radius 2 is 1.25 bits per heavy atom. The van der Waals surface area contributed by atoms with E-state index in [1.807, 2.05) is 12.1 Å². The number of rotatable bonds is 10. The van der Waals surface area contributed by atoms with Gasteiger partial charge in [-0.05, 0) is 93.3 Å². The average molecular weight is 419 g/mol. The van der Waals surface area contributed by atoms with Gasteiger partial charge < -0.3 is 19.4 Å².